The van der Waals surface area contributed by atoms with Crippen LogP contribution in [-0.2, 0) is 6.42 Å². The molecule has 3 fully saturated rings. The molecule has 98 valence electrons. The molecule has 0 N–H and O–H groups in total. The summed E-state index contributed by atoms with van der Waals surface area (Å²) >= 11 is 0. The molecular formula is C18H26. The van der Waals surface area contributed by atoms with E-state index in [0.717, 1.165) is 0 Å². The second-order valence-electron chi connectivity index (χ2n) is 7.30. The molecule has 0 saturated heterocycles. The molecule has 1 aromatic carbocycles. The first-order chi connectivity index (χ1) is 8.59. The number of aryl methyl sites for hydroxylation is 2. The van der Waals surface area contributed by atoms with E-state index in [9.17, 15) is 0 Å². The lowest BCUT2D eigenvalue weighted by Crippen LogP contribution is -2.40. The molecule has 0 amide bonds. The summed E-state index contributed by atoms with van der Waals surface area (Å²) in [6.07, 6.45) is 11.7. The molecule has 0 nitrogen and oxygen atoms in total. The number of hydrogen-bond acceptors (Lipinski definition) is 0. The Kier molecular flexibility index (Phi) is 3.00. The smallest absolute Gasteiger partial charge is 0.0274 e. The van der Waals surface area contributed by atoms with Gasteiger partial charge in [-0.25, -0.2) is 0 Å². The van der Waals surface area contributed by atoms with Gasteiger partial charge in [-0.2, -0.15) is 0 Å². The van der Waals surface area contributed by atoms with Crippen molar-refractivity contribution in [2.75, 3.05) is 0 Å². The Hall–Kier alpha value is -0.780. The van der Waals surface area contributed by atoms with Crippen molar-refractivity contribution in [3.05, 3.63) is 35.4 Å². The molecule has 2 bridgehead atoms. The van der Waals surface area contributed by atoms with Gasteiger partial charge in [-0.3, -0.25) is 0 Å². The first-order valence-corrected chi connectivity index (χ1v) is 7.65. The van der Waals surface area contributed by atoms with E-state index in [1.54, 1.807) is 0 Å². The first kappa shape index (κ1) is 12.3. The van der Waals surface area contributed by atoms with Crippen LogP contribution in [0.1, 0.15) is 63.0 Å². The van der Waals surface area contributed by atoms with Crippen molar-refractivity contribution in [1.29, 1.82) is 0 Å². The lowest BCUT2D eigenvalue weighted by Gasteiger charge is -2.52. The second kappa shape index (κ2) is 4.40. The molecule has 18 heavy (non-hydrogen) atoms. The highest BCUT2D eigenvalue weighted by molar-refractivity contribution is 5.21. The SMILES string of the molecule is Cc1ccc(CCC23CCC(C)(CC2)CC3)cc1. The Labute approximate surface area is 112 Å². The van der Waals surface area contributed by atoms with Gasteiger partial charge in [-0.1, -0.05) is 36.8 Å². The summed E-state index contributed by atoms with van der Waals surface area (Å²) in [7, 11) is 0. The molecule has 0 heteroatoms. The van der Waals surface area contributed by atoms with E-state index in [0.29, 0.717) is 10.8 Å². The van der Waals surface area contributed by atoms with Gasteiger partial charge in [0.15, 0.2) is 0 Å². The summed E-state index contributed by atoms with van der Waals surface area (Å²) in [5, 5.41) is 0. The Bertz CT molecular complexity index is 388. The Morgan fingerprint density at radius 1 is 0.889 bits per heavy atom. The number of fused-ring (bicyclic) bond motifs is 3. The molecule has 0 radical (unpaired) electrons. The lowest BCUT2D eigenvalue weighted by molar-refractivity contribution is -0.00226. The molecule has 0 unspecified atom stereocenters. The Balaban J connectivity index is 1.62. The van der Waals surface area contributed by atoms with Gasteiger partial charge in [0.25, 0.3) is 0 Å². The van der Waals surface area contributed by atoms with Crippen LogP contribution in [0.2, 0.25) is 0 Å². The average Bonchev–Trinajstić information content (AvgIpc) is 2.40. The van der Waals surface area contributed by atoms with Gasteiger partial charge in [0.2, 0.25) is 0 Å². The van der Waals surface area contributed by atoms with Crippen LogP contribution in [0.4, 0.5) is 0 Å². The minimum atomic E-state index is 0.711. The summed E-state index contributed by atoms with van der Waals surface area (Å²) < 4.78 is 0. The highest BCUT2D eigenvalue weighted by atomic mass is 14.5. The standard InChI is InChI=1S/C18H26/c1-15-3-5-16(6-4-15)7-8-18-12-9-17(2,10-13-18)11-14-18/h3-6H,7-14H2,1-2H3. The van der Waals surface area contributed by atoms with Crippen molar-refractivity contribution in [2.45, 2.75) is 65.2 Å². The predicted molar refractivity (Wildman–Crippen MR) is 77.7 cm³/mol. The van der Waals surface area contributed by atoms with Crippen molar-refractivity contribution in [1.82, 2.24) is 0 Å². The maximum Gasteiger partial charge on any atom is -0.0274 e. The average molecular weight is 242 g/mol. The van der Waals surface area contributed by atoms with Gasteiger partial charge in [0.1, 0.15) is 0 Å². The fourth-order valence-corrected chi connectivity index (χ4v) is 3.99. The highest BCUT2D eigenvalue weighted by Gasteiger charge is 2.45. The van der Waals surface area contributed by atoms with E-state index in [-0.39, 0.29) is 0 Å². The van der Waals surface area contributed by atoms with E-state index in [1.807, 2.05) is 0 Å². The maximum absolute atomic E-state index is 2.51. The van der Waals surface area contributed by atoms with Crippen molar-refractivity contribution >= 4 is 0 Å². The molecule has 1 aromatic rings. The third kappa shape index (κ3) is 2.35. The van der Waals surface area contributed by atoms with Gasteiger partial charge in [-0.05, 0) is 74.7 Å². The van der Waals surface area contributed by atoms with Gasteiger partial charge in [-0.15, -0.1) is 0 Å². The summed E-state index contributed by atoms with van der Waals surface area (Å²) in [6, 6.07) is 9.15. The zero-order chi connectivity index (χ0) is 12.6. The zero-order valence-corrected chi connectivity index (χ0v) is 12.0. The molecule has 3 saturated carbocycles. The van der Waals surface area contributed by atoms with E-state index >= 15 is 0 Å². The normalized spacial score (nSPS) is 34.8. The molecule has 0 atom stereocenters. The van der Waals surface area contributed by atoms with Crippen molar-refractivity contribution in [2.24, 2.45) is 10.8 Å². The summed E-state index contributed by atoms with van der Waals surface area (Å²) in [5.74, 6) is 0. The Morgan fingerprint density at radius 2 is 1.44 bits per heavy atom. The predicted octanol–water partition coefficient (Wildman–Crippen LogP) is 5.29. The second-order valence-corrected chi connectivity index (χ2v) is 7.30. The third-order valence-electron chi connectivity index (χ3n) is 5.84. The van der Waals surface area contributed by atoms with E-state index in [2.05, 4.69) is 38.1 Å². The molecule has 0 aliphatic heterocycles. The molecule has 3 aliphatic carbocycles. The fourth-order valence-electron chi connectivity index (χ4n) is 3.99. The molecule has 0 heterocycles. The Morgan fingerprint density at radius 3 is 2.00 bits per heavy atom. The lowest BCUT2D eigenvalue weighted by atomic mass is 9.53. The molecule has 3 aliphatic rings. The van der Waals surface area contributed by atoms with Crippen LogP contribution in [0.25, 0.3) is 0 Å². The summed E-state index contributed by atoms with van der Waals surface area (Å²) in [5.41, 5.74) is 4.34. The van der Waals surface area contributed by atoms with Crippen molar-refractivity contribution in [3.63, 3.8) is 0 Å². The quantitative estimate of drug-likeness (QED) is 0.675. The minimum absolute atomic E-state index is 0.711. The van der Waals surface area contributed by atoms with Crippen molar-refractivity contribution in [3.8, 4) is 0 Å². The topological polar surface area (TPSA) is 0 Å². The third-order valence-corrected chi connectivity index (χ3v) is 5.84. The highest BCUT2D eigenvalue weighted by Crippen LogP contribution is 2.58. The van der Waals surface area contributed by atoms with Gasteiger partial charge < -0.3 is 0 Å². The molecule has 0 spiro atoms. The van der Waals surface area contributed by atoms with Crippen LogP contribution < -0.4 is 0 Å². The molecule has 0 aromatic heterocycles. The van der Waals surface area contributed by atoms with Crippen molar-refractivity contribution < 1.29 is 0 Å². The summed E-state index contributed by atoms with van der Waals surface area (Å²) in [6.45, 7) is 4.68. The van der Waals surface area contributed by atoms with Crippen LogP contribution in [0.3, 0.4) is 0 Å². The van der Waals surface area contributed by atoms with Gasteiger partial charge >= 0.3 is 0 Å². The zero-order valence-electron chi connectivity index (χ0n) is 12.0. The maximum atomic E-state index is 2.51. The minimum Gasteiger partial charge on any atom is -0.0596 e. The van der Waals surface area contributed by atoms with Crippen LogP contribution >= 0.6 is 0 Å². The largest absolute Gasteiger partial charge is 0.0596 e. The van der Waals surface area contributed by atoms with Gasteiger partial charge in [0, 0.05) is 0 Å². The van der Waals surface area contributed by atoms with Crippen LogP contribution in [-0.4, -0.2) is 0 Å². The fraction of sp³-hybridized carbons (Fsp3) is 0.667. The number of rotatable bonds is 3. The van der Waals surface area contributed by atoms with Crippen LogP contribution in [0, 0.1) is 17.8 Å². The monoisotopic (exact) mass is 242 g/mol. The molecule has 4 rings (SSSR count). The van der Waals surface area contributed by atoms with E-state index in [4.69, 9.17) is 0 Å². The number of hydrogen-bond donors (Lipinski definition) is 0. The van der Waals surface area contributed by atoms with E-state index in [1.165, 1.54) is 62.5 Å². The molecular weight excluding hydrogens is 216 g/mol. The van der Waals surface area contributed by atoms with E-state index < -0.39 is 0 Å². The first-order valence-electron chi connectivity index (χ1n) is 7.65. The van der Waals surface area contributed by atoms with Crippen LogP contribution in [0.5, 0.6) is 0 Å². The van der Waals surface area contributed by atoms with Crippen LogP contribution in [0.15, 0.2) is 24.3 Å². The van der Waals surface area contributed by atoms with Gasteiger partial charge in [0.05, 0.1) is 0 Å². The summed E-state index contributed by atoms with van der Waals surface area (Å²) in [4.78, 5) is 0. The number of benzene rings is 1.